The molecule has 0 aliphatic rings. The Bertz CT molecular complexity index is 1010. The largest absolute Gasteiger partial charge is 0.462 e. The molecule has 0 bridgehead atoms. The molecule has 1 amide bonds. The van der Waals surface area contributed by atoms with E-state index in [1.54, 1.807) is 49.4 Å². The SMILES string of the molecule is CCOC(=O)c1cccc(-c2ccc(/C=N\NC(=O)c3ccc(I)cc3)o2)c1. The van der Waals surface area contributed by atoms with Crippen molar-refractivity contribution in [1.29, 1.82) is 0 Å². The number of carbonyl (C=O) groups excluding carboxylic acids is 2. The van der Waals surface area contributed by atoms with E-state index >= 15 is 0 Å². The van der Waals surface area contributed by atoms with E-state index in [9.17, 15) is 9.59 Å². The summed E-state index contributed by atoms with van der Waals surface area (Å²) in [4.78, 5) is 23.9. The molecule has 1 heterocycles. The summed E-state index contributed by atoms with van der Waals surface area (Å²) in [6, 6.07) is 17.6. The Labute approximate surface area is 175 Å². The third kappa shape index (κ3) is 5.07. The van der Waals surface area contributed by atoms with Crippen LogP contribution in [0.2, 0.25) is 0 Å². The number of rotatable bonds is 6. The summed E-state index contributed by atoms with van der Waals surface area (Å²) in [5.74, 6) is 0.369. The van der Waals surface area contributed by atoms with Gasteiger partial charge in [0.25, 0.3) is 5.91 Å². The molecule has 0 spiro atoms. The molecule has 1 aromatic heterocycles. The summed E-state index contributed by atoms with van der Waals surface area (Å²) in [6.07, 6.45) is 1.42. The van der Waals surface area contributed by atoms with Crippen molar-refractivity contribution in [3.05, 3.63) is 81.1 Å². The van der Waals surface area contributed by atoms with Crippen LogP contribution in [-0.2, 0) is 4.74 Å². The normalized spacial score (nSPS) is 10.8. The van der Waals surface area contributed by atoms with Gasteiger partial charge in [-0.2, -0.15) is 5.10 Å². The highest BCUT2D eigenvalue weighted by Crippen LogP contribution is 2.23. The first-order valence-electron chi connectivity index (χ1n) is 8.53. The molecule has 142 valence electrons. The first kappa shape index (κ1) is 19.8. The molecule has 0 radical (unpaired) electrons. The smallest absolute Gasteiger partial charge is 0.338 e. The summed E-state index contributed by atoms with van der Waals surface area (Å²) < 4.78 is 11.8. The second-order valence-corrected chi connectivity index (χ2v) is 6.95. The molecule has 2 aromatic carbocycles. The number of benzene rings is 2. The molecule has 0 aliphatic carbocycles. The van der Waals surface area contributed by atoms with Gasteiger partial charge in [0.05, 0.1) is 18.4 Å². The second-order valence-electron chi connectivity index (χ2n) is 5.71. The third-order valence-electron chi connectivity index (χ3n) is 3.75. The van der Waals surface area contributed by atoms with Gasteiger partial charge in [-0.1, -0.05) is 12.1 Å². The van der Waals surface area contributed by atoms with Crippen molar-refractivity contribution in [2.24, 2.45) is 5.10 Å². The van der Waals surface area contributed by atoms with E-state index in [0.29, 0.717) is 29.3 Å². The zero-order valence-corrected chi connectivity index (χ0v) is 17.2. The van der Waals surface area contributed by atoms with Crippen LogP contribution < -0.4 is 5.43 Å². The van der Waals surface area contributed by atoms with E-state index in [2.05, 4.69) is 33.1 Å². The van der Waals surface area contributed by atoms with Crippen LogP contribution in [0.4, 0.5) is 0 Å². The number of nitrogens with zero attached hydrogens (tertiary/aromatic N) is 1. The maximum absolute atomic E-state index is 12.0. The quantitative estimate of drug-likeness (QED) is 0.240. The molecule has 7 heteroatoms. The van der Waals surface area contributed by atoms with Gasteiger partial charge < -0.3 is 9.15 Å². The van der Waals surface area contributed by atoms with Crippen LogP contribution in [0.1, 0.15) is 33.4 Å². The van der Waals surface area contributed by atoms with Gasteiger partial charge in [-0.3, -0.25) is 4.79 Å². The predicted octanol–water partition coefficient (Wildman–Crippen LogP) is 4.49. The molecule has 6 nitrogen and oxygen atoms in total. The molecule has 28 heavy (non-hydrogen) atoms. The van der Waals surface area contributed by atoms with Gasteiger partial charge in [-0.25, -0.2) is 10.2 Å². The fourth-order valence-corrected chi connectivity index (χ4v) is 2.77. The van der Waals surface area contributed by atoms with Crippen molar-refractivity contribution in [3.8, 4) is 11.3 Å². The molecule has 0 aliphatic heterocycles. The van der Waals surface area contributed by atoms with E-state index in [1.165, 1.54) is 6.21 Å². The van der Waals surface area contributed by atoms with Crippen LogP contribution in [0.15, 0.2) is 70.2 Å². The minimum absolute atomic E-state index is 0.304. The van der Waals surface area contributed by atoms with Crippen molar-refractivity contribution < 1.29 is 18.7 Å². The number of ether oxygens (including phenoxy) is 1. The van der Waals surface area contributed by atoms with Gasteiger partial charge >= 0.3 is 5.97 Å². The van der Waals surface area contributed by atoms with Gasteiger partial charge in [-0.05, 0) is 78.0 Å². The predicted molar refractivity (Wildman–Crippen MR) is 114 cm³/mol. The van der Waals surface area contributed by atoms with Gasteiger partial charge in [0, 0.05) is 14.7 Å². The number of hydrogen-bond donors (Lipinski definition) is 1. The second kappa shape index (κ2) is 9.32. The zero-order chi connectivity index (χ0) is 19.9. The van der Waals surface area contributed by atoms with Gasteiger partial charge in [-0.15, -0.1) is 0 Å². The molecule has 3 rings (SSSR count). The van der Waals surface area contributed by atoms with E-state index in [-0.39, 0.29) is 11.9 Å². The maximum Gasteiger partial charge on any atom is 0.338 e. The summed E-state index contributed by atoms with van der Waals surface area (Å²) >= 11 is 2.17. The van der Waals surface area contributed by atoms with Crippen LogP contribution >= 0.6 is 22.6 Å². The van der Waals surface area contributed by atoms with Gasteiger partial charge in [0.1, 0.15) is 11.5 Å². The van der Waals surface area contributed by atoms with Gasteiger partial charge in [0.15, 0.2) is 0 Å². The Kier molecular flexibility index (Phi) is 6.59. The Morgan fingerprint density at radius 2 is 1.89 bits per heavy atom. The van der Waals surface area contributed by atoms with Crippen molar-refractivity contribution in [1.82, 2.24) is 5.43 Å². The highest BCUT2D eigenvalue weighted by atomic mass is 127. The Hall–Kier alpha value is -2.94. The van der Waals surface area contributed by atoms with Crippen molar-refractivity contribution in [3.63, 3.8) is 0 Å². The first-order valence-corrected chi connectivity index (χ1v) is 9.61. The van der Waals surface area contributed by atoms with E-state index in [0.717, 1.165) is 9.13 Å². The zero-order valence-electron chi connectivity index (χ0n) is 15.0. The monoisotopic (exact) mass is 488 g/mol. The Morgan fingerprint density at radius 1 is 1.11 bits per heavy atom. The molecule has 0 atom stereocenters. The number of amides is 1. The summed E-state index contributed by atoms with van der Waals surface area (Å²) in [5.41, 5.74) is 4.18. The molecule has 1 N–H and O–H groups in total. The Morgan fingerprint density at radius 3 is 2.64 bits per heavy atom. The topological polar surface area (TPSA) is 80.9 Å². The number of furan rings is 1. The minimum Gasteiger partial charge on any atom is -0.462 e. The maximum atomic E-state index is 12.0. The fraction of sp³-hybridized carbons (Fsp3) is 0.0952. The van der Waals surface area contributed by atoms with Crippen LogP contribution in [0.25, 0.3) is 11.3 Å². The molecule has 0 saturated carbocycles. The highest BCUT2D eigenvalue weighted by Gasteiger charge is 2.10. The van der Waals surface area contributed by atoms with Crippen molar-refractivity contribution >= 4 is 40.7 Å². The third-order valence-corrected chi connectivity index (χ3v) is 4.47. The molecule has 3 aromatic rings. The lowest BCUT2D eigenvalue weighted by molar-refractivity contribution is 0.0526. The Balaban J connectivity index is 1.66. The van der Waals surface area contributed by atoms with Crippen molar-refractivity contribution in [2.75, 3.05) is 6.61 Å². The van der Waals surface area contributed by atoms with Crippen LogP contribution in [0.5, 0.6) is 0 Å². The number of hydrazone groups is 1. The summed E-state index contributed by atoms with van der Waals surface area (Å²) in [5, 5.41) is 3.92. The van der Waals surface area contributed by atoms with E-state index < -0.39 is 0 Å². The van der Waals surface area contributed by atoms with Crippen molar-refractivity contribution in [2.45, 2.75) is 6.92 Å². The number of nitrogens with one attached hydrogen (secondary N) is 1. The molecule has 0 fully saturated rings. The number of halogens is 1. The summed E-state index contributed by atoms with van der Waals surface area (Å²) in [7, 11) is 0. The lowest BCUT2D eigenvalue weighted by atomic mass is 10.1. The lowest BCUT2D eigenvalue weighted by Gasteiger charge is -2.03. The lowest BCUT2D eigenvalue weighted by Crippen LogP contribution is -2.17. The van der Waals surface area contributed by atoms with Crippen LogP contribution in [0, 0.1) is 3.57 Å². The average molecular weight is 488 g/mol. The van der Waals surface area contributed by atoms with E-state index in [1.807, 2.05) is 18.2 Å². The molecule has 0 saturated heterocycles. The highest BCUT2D eigenvalue weighted by molar-refractivity contribution is 14.1. The molecular formula is C21H17IN2O4. The molecular weight excluding hydrogens is 471 g/mol. The number of hydrogen-bond acceptors (Lipinski definition) is 5. The van der Waals surface area contributed by atoms with Gasteiger partial charge in [0.2, 0.25) is 0 Å². The number of carbonyl (C=O) groups is 2. The first-order chi connectivity index (χ1) is 13.6. The van der Waals surface area contributed by atoms with Crippen LogP contribution in [0.3, 0.4) is 0 Å². The van der Waals surface area contributed by atoms with E-state index in [4.69, 9.17) is 9.15 Å². The summed E-state index contributed by atoms with van der Waals surface area (Å²) in [6.45, 7) is 2.08. The number of esters is 1. The average Bonchev–Trinajstić information content (AvgIpc) is 3.18. The minimum atomic E-state index is -0.379. The fourth-order valence-electron chi connectivity index (χ4n) is 2.41. The standard InChI is InChI=1S/C21H17IN2O4/c1-2-27-21(26)16-5-3-4-15(12-16)19-11-10-18(28-19)13-23-24-20(25)14-6-8-17(22)9-7-14/h3-13H,2H2,1H3,(H,24,25)/b23-13-. The van der Waals surface area contributed by atoms with Crippen LogP contribution in [-0.4, -0.2) is 24.7 Å². The molecule has 0 unspecified atom stereocenters.